The van der Waals surface area contributed by atoms with E-state index in [2.05, 4.69) is 10.7 Å². The van der Waals surface area contributed by atoms with Gasteiger partial charge in [0.25, 0.3) is 10.0 Å². The van der Waals surface area contributed by atoms with Crippen molar-refractivity contribution in [3.8, 4) is 5.75 Å². The Labute approximate surface area is 129 Å². The van der Waals surface area contributed by atoms with Crippen LogP contribution in [0.25, 0.3) is 0 Å². The predicted molar refractivity (Wildman–Crippen MR) is 80.6 cm³/mol. The summed E-state index contributed by atoms with van der Waals surface area (Å²) < 4.78 is 29.3. The molecule has 0 aromatic heterocycles. The molecule has 0 unspecified atom stereocenters. The summed E-state index contributed by atoms with van der Waals surface area (Å²) in [6.07, 6.45) is 0. The maximum Gasteiger partial charge on any atom is 0.257 e. The van der Waals surface area contributed by atoms with E-state index in [1.165, 1.54) is 32.2 Å². The summed E-state index contributed by atoms with van der Waals surface area (Å²) >= 11 is 0. The van der Waals surface area contributed by atoms with Gasteiger partial charge < -0.3 is 10.1 Å². The van der Waals surface area contributed by atoms with E-state index in [1.54, 1.807) is 13.8 Å². The lowest BCUT2D eigenvalue weighted by molar-refractivity contribution is -0.124. The summed E-state index contributed by atoms with van der Waals surface area (Å²) in [5.41, 5.74) is 2.33. The van der Waals surface area contributed by atoms with Crippen LogP contribution in [0.4, 0.5) is 5.69 Å². The average Bonchev–Trinajstić information content (AvgIpc) is 2.43. The Balaban J connectivity index is 3.04. The van der Waals surface area contributed by atoms with Gasteiger partial charge >= 0.3 is 0 Å². The SMILES string of the molecule is COc1ccc(S(=O)(=O)NNC(=O)C(C)C)cc1NC(C)=O. The van der Waals surface area contributed by atoms with Crippen molar-refractivity contribution in [1.29, 1.82) is 0 Å². The van der Waals surface area contributed by atoms with Gasteiger partial charge in [0.1, 0.15) is 5.75 Å². The number of methoxy groups -OCH3 is 1. The highest BCUT2D eigenvalue weighted by molar-refractivity contribution is 7.89. The molecule has 0 spiro atoms. The molecule has 9 heteroatoms. The van der Waals surface area contributed by atoms with Gasteiger partial charge in [-0.15, -0.1) is 4.83 Å². The van der Waals surface area contributed by atoms with Crippen LogP contribution >= 0.6 is 0 Å². The van der Waals surface area contributed by atoms with Gasteiger partial charge in [-0.05, 0) is 18.2 Å². The van der Waals surface area contributed by atoms with Crippen molar-refractivity contribution in [3.05, 3.63) is 18.2 Å². The van der Waals surface area contributed by atoms with Gasteiger partial charge in [-0.3, -0.25) is 15.0 Å². The third kappa shape index (κ3) is 4.71. The maximum absolute atomic E-state index is 12.1. The number of sulfonamides is 1. The van der Waals surface area contributed by atoms with Crippen LogP contribution < -0.4 is 20.3 Å². The van der Waals surface area contributed by atoms with Crippen LogP contribution in [0.5, 0.6) is 5.75 Å². The molecule has 22 heavy (non-hydrogen) atoms. The molecular formula is C13H19N3O5S. The summed E-state index contributed by atoms with van der Waals surface area (Å²) in [7, 11) is -2.56. The molecule has 8 nitrogen and oxygen atoms in total. The highest BCUT2D eigenvalue weighted by Gasteiger charge is 2.18. The van der Waals surface area contributed by atoms with Crippen molar-refractivity contribution >= 4 is 27.5 Å². The second kappa shape index (κ2) is 7.23. The van der Waals surface area contributed by atoms with Crippen molar-refractivity contribution in [2.24, 2.45) is 5.92 Å². The predicted octanol–water partition coefficient (Wildman–Crippen LogP) is 0.619. The first-order valence-electron chi connectivity index (χ1n) is 6.44. The second-order valence-electron chi connectivity index (χ2n) is 4.79. The van der Waals surface area contributed by atoms with Crippen molar-refractivity contribution < 1.29 is 22.7 Å². The van der Waals surface area contributed by atoms with Gasteiger partial charge in [0.15, 0.2) is 0 Å². The number of benzene rings is 1. The number of rotatable bonds is 6. The first-order chi connectivity index (χ1) is 10.2. The van der Waals surface area contributed by atoms with Crippen LogP contribution in [-0.2, 0) is 19.6 Å². The van der Waals surface area contributed by atoms with E-state index in [0.717, 1.165) is 0 Å². The van der Waals surface area contributed by atoms with Gasteiger partial charge in [-0.2, -0.15) is 0 Å². The number of hydrazine groups is 1. The van der Waals surface area contributed by atoms with Crippen LogP contribution in [0.1, 0.15) is 20.8 Å². The first kappa shape index (κ1) is 17.9. The zero-order valence-corrected chi connectivity index (χ0v) is 13.6. The minimum absolute atomic E-state index is 0.124. The molecule has 0 saturated heterocycles. The number of anilines is 1. The van der Waals surface area contributed by atoms with Crippen LogP contribution in [0.15, 0.2) is 23.1 Å². The fourth-order valence-corrected chi connectivity index (χ4v) is 2.34. The van der Waals surface area contributed by atoms with Gasteiger partial charge in [-0.1, -0.05) is 13.8 Å². The molecule has 0 bridgehead atoms. The molecule has 1 rings (SSSR count). The third-order valence-electron chi connectivity index (χ3n) is 2.62. The standard InChI is InChI=1S/C13H19N3O5S/c1-8(2)13(18)15-16-22(19,20)10-5-6-12(21-4)11(7-10)14-9(3)17/h5-8,16H,1-4H3,(H,14,17)(H,15,18). The van der Waals surface area contributed by atoms with E-state index < -0.39 is 15.9 Å². The van der Waals surface area contributed by atoms with Crippen molar-refractivity contribution in [1.82, 2.24) is 10.3 Å². The molecule has 2 amide bonds. The normalized spacial score (nSPS) is 11.1. The van der Waals surface area contributed by atoms with Crippen LogP contribution in [0.3, 0.4) is 0 Å². The first-order valence-corrected chi connectivity index (χ1v) is 7.93. The molecule has 0 radical (unpaired) electrons. The zero-order valence-electron chi connectivity index (χ0n) is 12.8. The Morgan fingerprint density at radius 3 is 2.36 bits per heavy atom. The molecule has 0 aliphatic heterocycles. The number of nitrogens with one attached hydrogen (secondary N) is 3. The summed E-state index contributed by atoms with van der Waals surface area (Å²) in [6, 6.07) is 3.95. The lowest BCUT2D eigenvalue weighted by Gasteiger charge is -2.13. The Bertz CT molecular complexity index is 670. The van der Waals surface area contributed by atoms with E-state index >= 15 is 0 Å². The minimum Gasteiger partial charge on any atom is -0.495 e. The van der Waals surface area contributed by atoms with E-state index in [1.807, 2.05) is 4.83 Å². The molecule has 0 atom stereocenters. The molecule has 3 N–H and O–H groups in total. The summed E-state index contributed by atoms with van der Waals surface area (Å²) in [5.74, 6) is -0.873. The highest BCUT2D eigenvalue weighted by Crippen LogP contribution is 2.27. The fourth-order valence-electron chi connectivity index (χ4n) is 1.46. The quantitative estimate of drug-likeness (QED) is 0.662. The Morgan fingerprint density at radius 2 is 1.86 bits per heavy atom. The highest BCUT2D eigenvalue weighted by atomic mass is 32.2. The summed E-state index contributed by atoms with van der Waals surface area (Å²) in [4.78, 5) is 24.4. The molecule has 0 heterocycles. The van der Waals surface area contributed by atoms with Crippen LogP contribution in [0, 0.1) is 5.92 Å². The van der Waals surface area contributed by atoms with E-state index in [-0.39, 0.29) is 22.4 Å². The number of amides is 2. The molecule has 0 aliphatic carbocycles. The zero-order chi connectivity index (χ0) is 16.9. The van der Waals surface area contributed by atoms with Gasteiger partial charge in [0.2, 0.25) is 11.8 Å². The van der Waals surface area contributed by atoms with Crippen LogP contribution in [-0.4, -0.2) is 27.3 Å². The molecule has 0 fully saturated rings. The van der Waals surface area contributed by atoms with Gasteiger partial charge in [0.05, 0.1) is 17.7 Å². The minimum atomic E-state index is -3.96. The Kier molecular flexibility index (Phi) is 5.89. The van der Waals surface area contributed by atoms with Gasteiger partial charge in [-0.25, -0.2) is 8.42 Å². The van der Waals surface area contributed by atoms with E-state index in [0.29, 0.717) is 5.75 Å². The third-order valence-corrected chi connectivity index (χ3v) is 3.87. The Morgan fingerprint density at radius 1 is 1.23 bits per heavy atom. The van der Waals surface area contributed by atoms with Crippen LogP contribution in [0.2, 0.25) is 0 Å². The monoisotopic (exact) mass is 329 g/mol. The number of hydrogen-bond acceptors (Lipinski definition) is 5. The molecular weight excluding hydrogens is 310 g/mol. The number of ether oxygens (including phenoxy) is 1. The number of hydrogen-bond donors (Lipinski definition) is 3. The Hall–Kier alpha value is -2.13. The molecule has 0 aliphatic rings. The smallest absolute Gasteiger partial charge is 0.257 e. The van der Waals surface area contributed by atoms with Gasteiger partial charge in [0, 0.05) is 12.8 Å². The summed E-state index contributed by atoms with van der Waals surface area (Å²) in [6.45, 7) is 4.56. The van der Waals surface area contributed by atoms with Crippen molar-refractivity contribution in [2.45, 2.75) is 25.7 Å². The molecule has 1 aromatic rings. The van der Waals surface area contributed by atoms with E-state index in [4.69, 9.17) is 4.74 Å². The van der Waals surface area contributed by atoms with Crippen molar-refractivity contribution in [2.75, 3.05) is 12.4 Å². The number of carbonyl (C=O) groups excluding carboxylic acids is 2. The summed E-state index contributed by atoms with van der Waals surface area (Å²) in [5, 5.41) is 2.48. The molecule has 0 saturated carbocycles. The topological polar surface area (TPSA) is 114 Å². The maximum atomic E-state index is 12.1. The lowest BCUT2D eigenvalue weighted by atomic mass is 10.2. The number of carbonyl (C=O) groups is 2. The second-order valence-corrected chi connectivity index (χ2v) is 6.48. The molecule has 1 aromatic carbocycles. The van der Waals surface area contributed by atoms with Crippen molar-refractivity contribution in [3.63, 3.8) is 0 Å². The van der Waals surface area contributed by atoms with E-state index in [9.17, 15) is 18.0 Å². The lowest BCUT2D eigenvalue weighted by Crippen LogP contribution is -2.43. The average molecular weight is 329 g/mol. The fraction of sp³-hybridized carbons (Fsp3) is 0.385. The molecule has 122 valence electrons. The largest absolute Gasteiger partial charge is 0.495 e.